The van der Waals surface area contributed by atoms with Gasteiger partial charge in [-0.2, -0.15) is 4.98 Å². The Morgan fingerprint density at radius 3 is 3.00 bits per heavy atom. The predicted molar refractivity (Wildman–Crippen MR) is 71.7 cm³/mol. The zero-order valence-corrected chi connectivity index (χ0v) is 11.8. The standard InChI is InChI=1S/C14H14FN3O4/c1-8-16-13(17-22-8)12-7-18(4-5-21-12)14(20)10-3-2-9(15)6-11(10)19/h2-3,6,12,19H,4-5,7H2,1H3. The Kier molecular flexibility index (Phi) is 3.76. The topological polar surface area (TPSA) is 88.7 Å². The van der Waals surface area contributed by atoms with Crippen molar-refractivity contribution >= 4 is 5.91 Å². The van der Waals surface area contributed by atoms with Gasteiger partial charge in [0.1, 0.15) is 17.7 Å². The van der Waals surface area contributed by atoms with Crippen LogP contribution < -0.4 is 0 Å². The molecule has 1 aromatic carbocycles. The van der Waals surface area contributed by atoms with Gasteiger partial charge >= 0.3 is 0 Å². The van der Waals surface area contributed by atoms with Gasteiger partial charge in [0, 0.05) is 19.5 Å². The van der Waals surface area contributed by atoms with Crippen LogP contribution in [0.3, 0.4) is 0 Å². The number of aromatic hydroxyl groups is 1. The lowest BCUT2D eigenvalue weighted by molar-refractivity contribution is -0.0277. The average molecular weight is 307 g/mol. The number of carbonyl (C=O) groups excluding carboxylic acids is 1. The Balaban J connectivity index is 1.78. The van der Waals surface area contributed by atoms with Crippen molar-refractivity contribution in [1.29, 1.82) is 0 Å². The number of hydrogen-bond acceptors (Lipinski definition) is 6. The highest BCUT2D eigenvalue weighted by molar-refractivity contribution is 5.96. The monoisotopic (exact) mass is 307 g/mol. The molecule has 7 nitrogen and oxygen atoms in total. The summed E-state index contributed by atoms with van der Waals surface area (Å²) < 4.78 is 23.5. The number of carbonyl (C=O) groups is 1. The minimum Gasteiger partial charge on any atom is -0.507 e. The lowest BCUT2D eigenvalue weighted by atomic mass is 10.1. The van der Waals surface area contributed by atoms with Crippen LogP contribution in [-0.2, 0) is 4.74 Å². The van der Waals surface area contributed by atoms with Crippen LogP contribution in [-0.4, -0.2) is 45.8 Å². The van der Waals surface area contributed by atoms with Crippen LogP contribution in [0.25, 0.3) is 0 Å². The third kappa shape index (κ3) is 2.77. The Morgan fingerprint density at radius 1 is 1.50 bits per heavy atom. The SMILES string of the molecule is Cc1nc(C2CN(C(=O)c3ccc(F)cc3O)CCO2)no1. The molecule has 0 spiro atoms. The maximum absolute atomic E-state index is 13.0. The van der Waals surface area contributed by atoms with Crippen molar-refractivity contribution in [3.8, 4) is 5.75 Å². The van der Waals surface area contributed by atoms with Crippen molar-refractivity contribution in [2.24, 2.45) is 0 Å². The van der Waals surface area contributed by atoms with E-state index in [1.54, 1.807) is 6.92 Å². The molecular formula is C14H14FN3O4. The first kappa shape index (κ1) is 14.5. The zero-order valence-electron chi connectivity index (χ0n) is 11.8. The van der Waals surface area contributed by atoms with E-state index in [9.17, 15) is 14.3 Å². The van der Waals surface area contributed by atoms with Crippen molar-refractivity contribution in [1.82, 2.24) is 15.0 Å². The Morgan fingerprint density at radius 2 is 2.32 bits per heavy atom. The van der Waals surface area contributed by atoms with E-state index in [0.717, 1.165) is 12.1 Å². The van der Waals surface area contributed by atoms with Gasteiger partial charge in [-0.3, -0.25) is 4.79 Å². The molecule has 1 aliphatic heterocycles. The molecule has 116 valence electrons. The second kappa shape index (κ2) is 5.72. The fraction of sp³-hybridized carbons (Fsp3) is 0.357. The minimum atomic E-state index is -0.601. The molecule has 1 amide bonds. The van der Waals surface area contributed by atoms with Gasteiger partial charge in [0.2, 0.25) is 11.7 Å². The third-order valence-corrected chi connectivity index (χ3v) is 3.38. The van der Waals surface area contributed by atoms with Gasteiger partial charge in [-0.15, -0.1) is 0 Å². The summed E-state index contributed by atoms with van der Waals surface area (Å²) in [7, 11) is 0. The highest BCUT2D eigenvalue weighted by Gasteiger charge is 2.30. The zero-order chi connectivity index (χ0) is 15.7. The summed E-state index contributed by atoms with van der Waals surface area (Å²) in [5.41, 5.74) is 0.0475. The minimum absolute atomic E-state index is 0.0475. The summed E-state index contributed by atoms with van der Waals surface area (Å²) in [5.74, 6) is -0.595. The van der Waals surface area contributed by atoms with Crippen LogP contribution in [0.5, 0.6) is 5.75 Å². The van der Waals surface area contributed by atoms with E-state index in [0.29, 0.717) is 24.9 Å². The molecule has 1 aromatic heterocycles. The van der Waals surface area contributed by atoms with Crippen molar-refractivity contribution in [2.45, 2.75) is 13.0 Å². The number of rotatable bonds is 2. The number of ether oxygens (including phenoxy) is 1. The summed E-state index contributed by atoms with van der Waals surface area (Å²) in [6.07, 6.45) is -0.488. The quantitative estimate of drug-likeness (QED) is 0.903. The molecule has 1 atom stereocenters. The van der Waals surface area contributed by atoms with Gasteiger partial charge in [-0.05, 0) is 12.1 Å². The molecule has 0 radical (unpaired) electrons. The Labute approximate surface area is 125 Å². The number of amides is 1. The number of morpholine rings is 1. The highest BCUT2D eigenvalue weighted by Crippen LogP contribution is 2.24. The molecule has 3 rings (SSSR count). The molecule has 1 saturated heterocycles. The van der Waals surface area contributed by atoms with Crippen molar-refractivity contribution in [3.63, 3.8) is 0 Å². The smallest absolute Gasteiger partial charge is 0.257 e. The van der Waals surface area contributed by atoms with Gasteiger partial charge in [-0.1, -0.05) is 5.16 Å². The second-order valence-electron chi connectivity index (χ2n) is 4.94. The lowest BCUT2D eigenvalue weighted by Crippen LogP contribution is -2.42. The third-order valence-electron chi connectivity index (χ3n) is 3.38. The van der Waals surface area contributed by atoms with Crippen molar-refractivity contribution in [2.75, 3.05) is 19.7 Å². The average Bonchev–Trinajstić information content (AvgIpc) is 2.93. The number of nitrogens with zero attached hydrogens (tertiary/aromatic N) is 3. The molecule has 1 N–H and O–H groups in total. The molecule has 22 heavy (non-hydrogen) atoms. The summed E-state index contributed by atoms with van der Waals surface area (Å²) in [4.78, 5) is 18.0. The molecule has 1 aliphatic rings. The Hall–Kier alpha value is -2.48. The molecule has 0 bridgehead atoms. The highest BCUT2D eigenvalue weighted by atomic mass is 19.1. The molecule has 2 heterocycles. The van der Waals surface area contributed by atoms with Gasteiger partial charge in [0.05, 0.1) is 18.7 Å². The number of benzene rings is 1. The van der Waals surface area contributed by atoms with Crippen LogP contribution in [0.4, 0.5) is 4.39 Å². The van der Waals surface area contributed by atoms with Crippen LogP contribution >= 0.6 is 0 Å². The first-order valence-corrected chi connectivity index (χ1v) is 6.74. The molecular weight excluding hydrogens is 293 g/mol. The van der Waals surface area contributed by atoms with Crippen LogP contribution in [0, 0.1) is 12.7 Å². The van der Waals surface area contributed by atoms with E-state index in [1.165, 1.54) is 11.0 Å². The molecule has 1 fully saturated rings. The molecule has 0 aliphatic carbocycles. The second-order valence-corrected chi connectivity index (χ2v) is 4.94. The molecule has 2 aromatic rings. The van der Waals surface area contributed by atoms with Gasteiger partial charge in [-0.25, -0.2) is 4.39 Å². The number of halogens is 1. The normalized spacial score (nSPS) is 18.5. The van der Waals surface area contributed by atoms with E-state index in [2.05, 4.69) is 10.1 Å². The maximum Gasteiger partial charge on any atom is 0.257 e. The number of phenols is 1. The van der Waals surface area contributed by atoms with Crippen LogP contribution in [0.2, 0.25) is 0 Å². The number of aromatic nitrogens is 2. The van der Waals surface area contributed by atoms with Gasteiger partial charge in [0.25, 0.3) is 5.91 Å². The molecule has 8 heteroatoms. The maximum atomic E-state index is 13.0. The van der Waals surface area contributed by atoms with E-state index in [1.807, 2.05) is 0 Å². The van der Waals surface area contributed by atoms with Gasteiger partial charge < -0.3 is 19.3 Å². The summed E-state index contributed by atoms with van der Waals surface area (Å²) in [5, 5.41) is 13.5. The lowest BCUT2D eigenvalue weighted by Gasteiger charge is -2.31. The summed E-state index contributed by atoms with van der Waals surface area (Å²) >= 11 is 0. The number of aryl methyl sites for hydroxylation is 1. The predicted octanol–water partition coefficient (Wildman–Crippen LogP) is 1.44. The van der Waals surface area contributed by atoms with Crippen LogP contribution in [0.1, 0.15) is 28.2 Å². The number of phenolic OH excluding ortho intramolecular Hbond substituents is 1. The first-order chi connectivity index (χ1) is 10.5. The van der Waals surface area contributed by atoms with Crippen molar-refractivity contribution in [3.05, 3.63) is 41.3 Å². The van der Waals surface area contributed by atoms with Crippen LogP contribution in [0.15, 0.2) is 22.7 Å². The van der Waals surface area contributed by atoms with E-state index in [4.69, 9.17) is 9.26 Å². The fourth-order valence-corrected chi connectivity index (χ4v) is 2.29. The van der Waals surface area contributed by atoms with Gasteiger partial charge in [0.15, 0.2) is 0 Å². The largest absolute Gasteiger partial charge is 0.507 e. The van der Waals surface area contributed by atoms with E-state index >= 15 is 0 Å². The number of hydrogen-bond donors (Lipinski definition) is 1. The van der Waals surface area contributed by atoms with E-state index < -0.39 is 17.8 Å². The summed E-state index contributed by atoms with van der Waals surface area (Å²) in [6.45, 7) is 2.57. The van der Waals surface area contributed by atoms with E-state index in [-0.39, 0.29) is 17.9 Å². The molecule has 0 saturated carbocycles. The molecule has 1 unspecified atom stereocenters. The Bertz CT molecular complexity index is 703. The first-order valence-electron chi connectivity index (χ1n) is 6.74. The summed E-state index contributed by atoms with van der Waals surface area (Å²) in [6, 6.07) is 3.30. The fourth-order valence-electron chi connectivity index (χ4n) is 2.29. The van der Waals surface area contributed by atoms with Crippen molar-refractivity contribution < 1.29 is 23.6 Å².